The number of halogens is 1. The van der Waals surface area contributed by atoms with Crippen molar-refractivity contribution >= 4 is 39.2 Å². The molecule has 2 heterocycles. The molecule has 0 bridgehead atoms. The van der Waals surface area contributed by atoms with Crippen LogP contribution in [0.25, 0.3) is 21.7 Å². The molecular formula is C24H23ClN4O5. The lowest BCUT2D eigenvalue weighted by Crippen LogP contribution is -2.31. The highest BCUT2D eigenvalue weighted by atomic mass is 35.5. The zero-order valence-electron chi connectivity index (χ0n) is 18.7. The summed E-state index contributed by atoms with van der Waals surface area (Å²) in [7, 11) is 1.50. The van der Waals surface area contributed by atoms with Gasteiger partial charge in [0.15, 0.2) is 6.04 Å². The number of hydrogen-bond donors (Lipinski definition) is 1. The van der Waals surface area contributed by atoms with Gasteiger partial charge in [0.05, 0.1) is 41.9 Å². The molecule has 10 heteroatoms. The Morgan fingerprint density at radius 3 is 2.74 bits per heavy atom. The molecule has 0 saturated heterocycles. The van der Waals surface area contributed by atoms with Crippen molar-refractivity contribution in [3.05, 3.63) is 57.6 Å². The van der Waals surface area contributed by atoms with Crippen molar-refractivity contribution in [2.75, 3.05) is 13.7 Å². The first-order valence-corrected chi connectivity index (χ1v) is 11.3. The first kappa shape index (κ1) is 22.2. The van der Waals surface area contributed by atoms with Gasteiger partial charge in [0.2, 0.25) is 0 Å². The van der Waals surface area contributed by atoms with Gasteiger partial charge in [-0.2, -0.15) is 10.2 Å². The summed E-state index contributed by atoms with van der Waals surface area (Å²) >= 11 is 6.39. The second-order valence-corrected chi connectivity index (χ2v) is 8.95. The lowest BCUT2D eigenvalue weighted by molar-refractivity contribution is -0.140. The summed E-state index contributed by atoms with van der Waals surface area (Å²) in [4.78, 5) is 24.6. The molecule has 1 saturated carbocycles. The fourth-order valence-corrected chi connectivity index (χ4v) is 4.04. The molecule has 0 radical (unpaired) electrons. The molecule has 5 rings (SSSR count). The normalized spacial score (nSPS) is 14.4. The Kier molecular flexibility index (Phi) is 5.65. The summed E-state index contributed by atoms with van der Waals surface area (Å²) in [6.45, 7) is 2.29. The number of benzene rings is 2. The zero-order valence-corrected chi connectivity index (χ0v) is 19.5. The number of carboxylic acids is 1. The van der Waals surface area contributed by atoms with Crippen molar-refractivity contribution < 1.29 is 19.4 Å². The van der Waals surface area contributed by atoms with Crippen molar-refractivity contribution in [2.45, 2.75) is 32.4 Å². The number of methoxy groups -OCH3 is 1. The van der Waals surface area contributed by atoms with E-state index in [1.807, 2.05) is 12.3 Å². The average molecular weight is 483 g/mol. The van der Waals surface area contributed by atoms with Crippen LogP contribution >= 0.6 is 11.6 Å². The number of rotatable bonds is 8. The maximum Gasteiger partial charge on any atom is 0.328 e. The second kappa shape index (κ2) is 8.64. The van der Waals surface area contributed by atoms with Gasteiger partial charge in [-0.1, -0.05) is 11.6 Å². The van der Waals surface area contributed by atoms with Crippen LogP contribution in [0.2, 0.25) is 5.02 Å². The first-order chi connectivity index (χ1) is 16.3. The number of fused-ring (bicyclic) bond motifs is 2. The standard InChI is InChI=1S/C24H23ClN4O5/c1-13(24(31)32)29-23(30)18-8-16(33-2)5-6-17(18)21(27-29)11-28-10-15-7-22(34-12-14-3-4-14)19(25)9-20(15)26-28/h5-10,13-14H,3-4,11-12H2,1-2H3,(H,31,32). The molecule has 0 aliphatic heterocycles. The SMILES string of the molecule is COc1ccc2c(Cn3cc4cc(OCC5CC5)c(Cl)cc4n3)nn(C(C)C(=O)O)c(=O)c2c1. The lowest BCUT2D eigenvalue weighted by Gasteiger charge is -2.14. The van der Waals surface area contributed by atoms with E-state index in [0.717, 1.165) is 10.1 Å². The summed E-state index contributed by atoms with van der Waals surface area (Å²) < 4.78 is 13.8. The van der Waals surface area contributed by atoms with Crippen LogP contribution in [0.1, 0.15) is 31.5 Å². The van der Waals surface area contributed by atoms with Crippen molar-refractivity contribution in [1.29, 1.82) is 0 Å². The highest BCUT2D eigenvalue weighted by Gasteiger charge is 2.23. The summed E-state index contributed by atoms with van der Waals surface area (Å²) in [5.41, 5.74) is 0.707. The minimum absolute atomic E-state index is 0.222. The Balaban J connectivity index is 1.56. The van der Waals surface area contributed by atoms with Crippen LogP contribution in [0.5, 0.6) is 11.5 Å². The fraction of sp³-hybridized carbons (Fsp3) is 0.333. The fourth-order valence-electron chi connectivity index (χ4n) is 3.83. The Hall–Kier alpha value is -3.59. The maximum atomic E-state index is 13.0. The van der Waals surface area contributed by atoms with Crippen molar-refractivity contribution in [2.24, 2.45) is 5.92 Å². The summed E-state index contributed by atoms with van der Waals surface area (Å²) in [5.74, 6) is 0.576. The number of aromatic nitrogens is 4. The predicted molar refractivity (Wildman–Crippen MR) is 127 cm³/mol. The molecule has 0 amide bonds. The molecule has 4 aromatic rings. The van der Waals surface area contributed by atoms with Crippen LogP contribution in [0.4, 0.5) is 0 Å². The molecule has 0 spiro atoms. The smallest absolute Gasteiger partial charge is 0.328 e. The molecule has 176 valence electrons. The molecule has 1 N–H and O–H groups in total. The van der Waals surface area contributed by atoms with E-state index >= 15 is 0 Å². The third kappa shape index (κ3) is 4.19. The number of ether oxygens (including phenoxy) is 2. The van der Waals surface area contributed by atoms with Crippen LogP contribution < -0.4 is 15.0 Å². The zero-order chi connectivity index (χ0) is 24.0. The van der Waals surface area contributed by atoms with Gasteiger partial charge in [0, 0.05) is 17.0 Å². The summed E-state index contributed by atoms with van der Waals surface area (Å²) in [6, 6.07) is 7.57. The van der Waals surface area contributed by atoms with Crippen LogP contribution in [0.15, 0.2) is 41.3 Å². The molecule has 9 nitrogen and oxygen atoms in total. The lowest BCUT2D eigenvalue weighted by atomic mass is 10.1. The number of nitrogens with zero attached hydrogens (tertiary/aromatic N) is 4. The monoisotopic (exact) mass is 482 g/mol. The van der Waals surface area contributed by atoms with Crippen LogP contribution in [0, 0.1) is 5.92 Å². The molecule has 2 aromatic heterocycles. The van der Waals surface area contributed by atoms with E-state index in [9.17, 15) is 14.7 Å². The first-order valence-electron chi connectivity index (χ1n) is 11.0. The van der Waals surface area contributed by atoms with Crippen LogP contribution in [-0.2, 0) is 11.3 Å². The van der Waals surface area contributed by atoms with Gasteiger partial charge in [0.25, 0.3) is 5.56 Å². The van der Waals surface area contributed by atoms with E-state index in [1.54, 1.807) is 28.9 Å². The van der Waals surface area contributed by atoms with E-state index < -0.39 is 17.6 Å². The molecule has 1 atom stereocenters. The number of hydrogen-bond acceptors (Lipinski definition) is 6. The highest BCUT2D eigenvalue weighted by molar-refractivity contribution is 6.32. The predicted octanol–water partition coefficient (Wildman–Crippen LogP) is 3.89. The molecule has 34 heavy (non-hydrogen) atoms. The Morgan fingerprint density at radius 1 is 1.24 bits per heavy atom. The quantitative estimate of drug-likeness (QED) is 0.405. The number of carboxylic acid groups (broad SMARTS) is 1. The molecule has 1 unspecified atom stereocenters. The van der Waals surface area contributed by atoms with Gasteiger partial charge in [-0.3, -0.25) is 9.48 Å². The Bertz CT molecular complexity index is 1470. The largest absolute Gasteiger partial charge is 0.497 e. The third-order valence-electron chi connectivity index (χ3n) is 6.02. The van der Waals surface area contributed by atoms with Gasteiger partial charge in [0.1, 0.15) is 11.5 Å². The van der Waals surface area contributed by atoms with E-state index in [4.69, 9.17) is 21.1 Å². The minimum Gasteiger partial charge on any atom is -0.497 e. The molecule has 2 aromatic carbocycles. The highest BCUT2D eigenvalue weighted by Crippen LogP contribution is 2.34. The van der Waals surface area contributed by atoms with Gasteiger partial charge in [-0.25, -0.2) is 9.48 Å². The third-order valence-corrected chi connectivity index (χ3v) is 6.31. The van der Waals surface area contributed by atoms with E-state index in [-0.39, 0.29) is 6.54 Å². The molecule has 1 aliphatic rings. The Morgan fingerprint density at radius 2 is 2.03 bits per heavy atom. The van der Waals surface area contributed by atoms with E-state index in [1.165, 1.54) is 26.9 Å². The maximum absolute atomic E-state index is 13.0. The van der Waals surface area contributed by atoms with Gasteiger partial charge in [-0.15, -0.1) is 0 Å². The van der Waals surface area contributed by atoms with Crippen LogP contribution in [-0.4, -0.2) is 44.4 Å². The van der Waals surface area contributed by atoms with Gasteiger partial charge >= 0.3 is 5.97 Å². The van der Waals surface area contributed by atoms with E-state index in [0.29, 0.717) is 51.0 Å². The van der Waals surface area contributed by atoms with Crippen molar-refractivity contribution in [1.82, 2.24) is 19.6 Å². The minimum atomic E-state index is -1.15. The van der Waals surface area contributed by atoms with Crippen LogP contribution in [0.3, 0.4) is 0 Å². The number of aliphatic carboxylic acids is 1. The summed E-state index contributed by atoms with van der Waals surface area (Å²) in [6.07, 6.45) is 4.23. The molecule has 1 aliphatic carbocycles. The van der Waals surface area contributed by atoms with Crippen molar-refractivity contribution in [3.8, 4) is 11.5 Å². The summed E-state index contributed by atoms with van der Waals surface area (Å²) in [5, 5.41) is 20.8. The molecule has 1 fully saturated rings. The number of carbonyl (C=O) groups is 1. The average Bonchev–Trinajstić information content (AvgIpc) is 3.57. The topological polar surface area (TPSA) is 108 Å². The molecular weight excluding hydrogens is 460 g/mol. The van der Waals surface area contributed by atoms with Gasteiger partial charge < -0.3 is 14.6 Å². The van der Waals surface area contributed by atoms with Gasteiger partial charge in [-0.05, 0) is 56.0 Å². The Labute approximate surface area is 199 Å². The second-order valence-electron chi connectivity index (χ2n) is 8.54. The van der Waals surface area contributed by atoms with E-state index in [2.05, 4.69) is 10.2 Å². The van der Waals surface area contributed by atoms with Crippen molar-refractivity contribution in [3.63, 3.8) is 0 Å².